The molecule has 0 aliphatic carbocycles. The maximum atomic E-state index is 4.98. The first-order chi connectivity index (χ1) is 3.93. The van der Waals surface area contributed by atoms with E-state index in [9.17, 15) is 0 Å². The topological polar surface area (TPSA) is 9.23 Å². The molecular weight excluding hydrogens is 100 g/mol. The second-order valence-electron chi connectivity index (χ2n) is 1.71. The lowest BCUT2D eigenvalue weighted by molar-refractivity contribution is 0.274. The van der Waals surface area contributed by atoms with Gasteiger partial charge in [0.05, 0.1) is 6.26 Å². The molecule has 8 heavy (non-hydrogen) atoms. The Morgan fingerprint density at radius 1 is 1.75 bits per heavy atom. The molecule has 1 heteroatoms. The zero-order valence-corrected chi connectivity index (χ0v) is 4.76. The molecule has 0 saturated carbocycles. The van der Waals surface area contributed by atoms with Crippen molar-refractivity contribution in [3.05, 3.63) is 30.9 Å². The van der Waals surface area contributed by atoms with Crippen LogP contribution in [0.4, 0.5) is 0 Å². The van der Waals surface area contributed by atoms with E-state index in [-0.39, 0.29) is 0 Å². The minimum Gasteiger partial charge on any atom is -0.497 e. The molecule has 1 aliphatic rings. The van der Waals surface area contributed by atoms with Gasteiger partial charge in [0.25, 0.3) is 0 Å². The Kier molecular flexibility index (Phi) is 1.73. The van der Waals surface area contributed by atoms with Gasteiger partial charge in [0.2, 0.25) is 0 Å². The molecule has 0 saturated heterocycles. The molecule has 0 spiro atoms. The third kappa shape index (κ3) is 1.12. The molecule has 1 radical (unpaired) electrons. The van der Waals surface area contributed by atoms with E-state index in [1.165, 1.54) is 5.57 Å². The summed E-state index contributed by atoms with van der Waals surface area (Å²) < 4.78 is 4.98. The van der Waals surface area contributed by atoms with Crippen LogP contribution in [0, 0.1) is 6.92 Å². The lowest BCUT2D eigenvalue weighted by Crippen LogP contribution is -1.94. The van der Waals surface area contributed by atoms with Crippen molar-refractivity contribution >= 4 is 0 Å². The highest BCUT2D eigenvalue weighted by Gasteiger charge is 1.93. The van der Waals surface area contributed by atoms with E-state index in [2.05, 4.69) is 6.92 Å². The van der Waals surface area contributed by atoms with E-state index in [4.69, 9.17) is 4.74 Å². The molecule has 0 aromatic carbocycles. The Hall–Kier alpha value is -0.720. The smallest absolute Gasteiger partial charge is 0.109 e. The maximum absolute atomic E-state index is 4.98. The van der Waals surface area contributed by atoms with Crippen molar-refractivity contribution in [2.45, 2.75) is 6.42 Å². The van der Waals surface area contributed by atoms with Gasteiger partial charge in [-0.1, -0.05) is 6.08 Å². The fourth-order valence-corrected chi connectivity index (χ4v) is 0.590. The van der Waals surface area contributed by atoms with Gasteiger partial charge in [0, 0.05) is 0 Å². The number of hydrogen-bond donors (Lipinski definition) is 0. The van der Waals surface area contributed by atoms with Crippen LogP contribution in [0.15, 0.2) is 24.0 Å². The summed E-state index contributed by atoms with van der Waals surface area (Å²) in [5, 5.41) is 0. The molecule has 0 amide bonds. The van der Waals surface area contributed by atoms with Gasteiger partial charge < -0.3 is 4.74 Å². The van der Waals surface area contributed by atoms with Crippen molar-refractivity contribution in [2.75, 3.05) is 6.61 Å². The van der Waals surface area contributed by atoms with Crippen molar-refractivity contribution in [2.24, 2.45) is 0 Å². The van der Waals surface area contributed by atoms with E-state index in [1.807, 2.05) is 12.2 Å². The summed E-state index contributed by atoms with van der Waals surface area (Å²) in [5.41, 5.74) is 1.26. The highest BCUT2D eigenvalue weighted by atomic mass is 16.5. The Morgan fingerprint density at radius 3 is 3.00 bits per heavy atom. The van der Waals surface area contributed by atoms with Crippen LogP contribution in [0.1, 0.15) is 6.42 Å². The number of ether oxygens (including phenoxy) is 1. The van der Waals surface area contributed by atoms with Crippen molar-refractivity contribution in [3.63, 3.8) is 0 Å². The van der Waals surface area contributed by atoms with Gasteiger partial charge in [0.1, 0.15) is 6.61 Å². The average molecular weight is 109 g/mol. The summed E-state index contributed by atoms with van der Waals surface area (Å²) in [4.78, 5) is 0. The SMILES string of the molecule is [CH2]CC1=CC=COC1. The minimum atomic E-state index is 0.722. The van der Waals surface area contributed by atoms with Gasteiger partial charge in [-0.2, -0.15) is 0 Å². The first-order valence-electron chi connectivity index (χ1n) is 2.69. The maximum Gasteiger partial charge on any atom is 0.109 e. The zero-order valence-electron chi connectivity index (χ0n) is 4.76. The van der Waals surface area contributed by atoms with Gasteiger partial charge in [0.15, 0.2) is 0 Å². The van der Waals surface area contributed by atoms with Crippen LogP contribution in [0.3, 0.4) is 0 Å². The van der Waals surface area contributed by atoms with E-state index in [0.29, 0.717) is 0 Å². The molecule has 0 aromatic rings. The summed E-state index contributed by atoms with van der Waals surface area (Å²) in [6, 6.07) is 0. The van der Waals surface area contributed by atoms with Crippen LogP contribution in [-0.2, 0) is 4.74 Å². The quantitative estimate of drug-likeness (QED) is 0.497. The zero-order chi connectivity index (χ0) is 5.82. The Morgan fingerprint density at radius 2 is 2.62 bits per heavy atom. The molecule has 0 N–H and O–H groups in total. The second-order valence-corrected chi connectivity index (χ2v) is 1.71. The minimum absolute atomic E-state index is 0.722. The summed E-state index contributed by atoms with van der Waals surface area (Å²) in [5.74, 6) is 0. The fourth-order valence-electron chi connectivity index (χ4n) is 0.590. The van der Waals surface area contributed by atoms with Crippen LogP contribution < -0.4 is 0 Å². The molecule has 0 aromatic heterocycles. The lowest BCUT2D eigenvalue weighted by atomic mass is 10.2. The first kappa shape index (κ1) is 5.42. The molecule has 43 valence electrons. The van der Waals surface area contributed by atoms with Crippen molar-refractivity contribution in [3.8, 4) is 0 Å². The Balaban J connectivity index is 2.50. The Labute approximate surface area is 49.7 Å². The second kappa shape index (κ2) is 2.55. The predicted octanol–water partition coefficient (Wildman–Crippen LogP) is 1.68. The number of hydrogen-bond acceptors (Lipinski definition) is 1. The van der Waals surface area contributed by atoms with Crippen LogP contribution in [0.2, 0.25) is 0 Å². The summed E-state index contributed by atoms with van der Waals surface area (Å²) in [6.45, 7) is 4.45. The normalized spacial score (nSPS) is 17.4. The Bertz CT molecular complexity index is 122. The number of allylic oxidation sites excluding steroid dienone is 2. The highest BCUT2D eigenvalue weighted by molar-refractivity contribution is 5.15. The van der Waals surface area contributed by atoms with Crippen LogP contribution in [0.5, 0.6) is 0 Å². The van der Waals surface area contributed by atoms with Crippen LogP contribution >= 0.6 is 0 Å². The van der Waals surface area contributed by atoms with Crippen LogP contribution in [-0.4, -0.2) is 6.61 Å². The number of rotatable bonds is 1. The van der Waals surface area contributed by atoms with Crippen molar-refractivity contribution in [1.82, 2.24) is 0 Å². The molecule has 0 bridgehead atoms. The fraction of sp³-hybridized carbons (Fsp3) is 0.286. The summed E-state index contributed by atoms with van der Waals surface area (Å²) in [7, 11) is 0. The van der Waals surface area contributed by atoms with Gasteiger partial charge in [-0.25, -0.2) is 0 Å². The largest absolute Gasteiger partial charge is 0.497 e. The van der Waals surface area contributed by atoms with Gasteiger partial charge in [-0.15, -0.1) is 0 Å². The highest BCUT2D eigenvalue weighted by Crippen LogP contribution is 2.05. The molecular formula is C7H9O. The predicted molar refractivity (Wildman–Crippen MR) is 33.1 cm³/mol. The van der Waals surface area contributed by atoms with E-state index in [0.717, 1.165) is 13.0 Å². The molecule has 0 atom stereocenters. The van der Waals surface area contributed by atoms with Gasteiger partial charge in [-0.3, -0.25) is 0 Å². The lowest BCUT2D eigenvalue weighted by Gasteiger charge is -2.05. The summed E-state index contributed by atoms with van der Waals surface area (Å²) in [6.07, 6.45) is 6.48. The molecule has 0 fully saturated rings. The van der Waals surface area contributed by atoms with Crippen molar-refractivity contribution < 1.29 is 4.74 Å². The first-order valence-corrected chi connectivity index (χ1v) is 2.69. The molecule has 1 heterocycles. The van der Waals surface area contributed by atoms with Crippen LogP contribution in [0.25, 0.3) is 0 Å². The van der Waals surface area contributed by atoms with Gasteiger partial charge >= 0.3 is 0 Å². The van der Waals surface area contributed by atoms with Gasteiger partial charge in [-0.05, 0) is 25.0 Å². The molecule has 0 unspecified atom stereocenters. The molecule has 1 rings (SSSR count). The third-order valence-corrected chi connectivity index (χ3v) is 1.10. The summed E-state index contributed by atoms with van der Waals surface area (Å²) >= 11 is 0. The molecule has 1 nitrogen and oxygen atoms in total. The monoisotopic (exact) mass is 109 g/mol. The average Bonchev–Trinajstić information content (AvgIpc) is 1.90. The van der Waals surface area contributed by atoms with E-state index >= 15 is 0 Å². The van der Waals surface area contributed by atoms with Crippen molar-refractivity contribution in [1.29, 1.82) is 0 Å². The third-order valence-electron chi connectivity index (χ3n) is 1.10. The standard InChI is InChI=1S/C7H9O/c1-2-7-4-3-5-8-6-7/h3-5H,1-2,6H2. The van der Waals surface area contributed by atoms with E-state index in [1.54, 1.807) is 6.26 Å². The van der Waals surface area contributed by atoms with E-state index < -0.39 is 0 Å². The molecule has 1 aliphatic heterocycles.